The highest BCUT2D eigenvalue weighted by atomic mass is 16.6. The van der Waals surface area contributed by atoms with E-state index in [2.05, 4.69) is 34.1 Å². The SMILES string of the molecule is c1ccc([C@@H]2CCCCN2Cc2ccc3c(c2)OCCO3)nc1. The topological polar surface area (TPSA) is 34.6 Å². The number of benzene rings is 1. The molecule has 0 N–H and O–H groups in total. The standard InChI is InChI=1S/C19H22N2O2/c1-3-9-20-16(5-1)17-6-2-4-10-21(17)14-15-7-8-18-19(13-15)23-12-11-22-18/h1,3,5,7-9,13,17H,2,4,6,10-12,14H2/t17-/m0/s1. The van der Waals surface area contributed by atoms with Crippen molar-refractivity contribution in [2.24, 2.45) is 0 Å². The zero-order chi connectivity index (χ0) is 15.5. The van der Waals surface area contributed by atoms with Crippen LogP contribution in [0.2, 0.25) is 0 Å². The summed E-state index contributed by atoms with van der Waals surface area (Å²) in [6, 6.07) is 12.9. The Kier molecular flexibility index (Phi) is 4.16. The maximum absolute atomic E-state index is 5.71. The highest BCUT2D eigenvalue weighted by Crippen LogP contribution is 2.34. The van der Waals surface area contributed by atoms with Crippen molar-refractivity contribution in [3.63, 3.8) is 0 Å². The third-order valence-electron chi connectivity index (χ3n) is 4.64. The van der Waals surface area contributed by atoms with E-state index in [0.717, 1.165) is 24.6 Å². The van der Waals surface area contributed by atoms with Crippen LogP contribution < -0.4 is 9.47 Å². The van der Waals surface area contributed by atoms with Crippen molar-refractivity contribution >= 4 is 0 Å². The summed E-state index contributed by atoms with van der Waals surface area (Å²) in [7, 11) is 0. The third kappa shape index (κ3) is 3.17. The second-order valence-corrected chi connectivity index (χ2v) is 6.21. The van der Waals surface area contributed by atoms with Crippen molar-refractivity contribution in [1.82, 2.24) is 9.88 Å². The fourth-order valence-electron chi connectivity index (χ4n) is 3.51. The zero-order valence-electron chi connectivity index (χ0n) is 13.3. The Morgan fingerprint density at radius 3 is 2.83 bits per heavy atom. The van der Waals surface area contributed by atoms with Gasteiger partial charge in [0.05, 0.1) is 11.7 Å². The Balaban J connectivity index is 1.54. The van der Waals surface area contributed by atoms with Crippen LogP contribution in [0.5, 0.6) is 11.5 Å². The van der Waals surface area contributed by atoms with E-state index in [-0.39, 0.29) is 0 Å². The second kappa shape index (κ2) is 6.59. The molecular weight excluding hydrogens is 288 g/mol. The summed E-state index contributed by atoms with van der Waals surface area (Å²) in [5.41, 5.74) is 2.46. The number of aromatic nitrogens is 1. The van der Waals surface area contributed by atoms with Crippen LogP contribution in [0.1, 0.15) is 36.6 Å². The van der Waals surface area contributed by atoms with Crippen molar-refractivity contribution < 1.29 is 9.47 Å². The molecule has 1 aromatic carbocycles. The van der Waals surface area contributed by atoms with E-state index in [0.29, 0.717) is 19.3 Å². The average Bonchev–Trinajstić information content (AvgIpc) is 2.63. The van der Waals surface area contributed by atoms with Gasteiger partial charge >= 0.3 is 0 Å². The maximum atomic E-state index is 5.71. The molecule has 0 saturated carbocycles. The van der Waals surface area contributed by atoms with Gasteiger partial charge in [-0.3, -0.25) is 9.88 Å². The van der Waals surface area contributed by atoms with Crippen LogP contribution in [0.3, 0.4) is 0 Å². The number of nitrogens with zero attached hydrogens (tertiary/aromatic N) is 2. The van der Waals surface area contributed by atoms with Gasteiger partial charge in [-0.05, 0) is 49.2 Å². The van der Waals surface area contributed by atoms with E-state index in [1.165, 1.54) is 30.5 Å². The van der Waals surface area contributed by atoms with Crippen LogP contribution in [0, 0.1) is 0 Å². The van der Waals surface area contributed by atoms with Crippen LogP contribution >= 0.6 is 0 Å². The summed E-state index contributed by atoms with van der Waals surface area (Å²) in [4.78, 5) is 7.12. The van der Waals surface area contributed by atoms with Gasteiger partial charge in [0, 0.05) is 12.7 Å². The molecule has 1 atom stereocenters. The second-order valence-electron chi connectivity index (χ2n) is 6.21. The molecule has 120 valence electrons. The van der Waals surface area contributed by atoms with E-state index in [4.69, 9.17) is 9.47 Å². The molecule has 0 bridgehead atoms. The van der Waals surface area contributed by atoms with Crippen LogP contribution in [-0.4, -0.2) is 29.6 Å². The number of fused-ring (bicyclic) bond motifs is 1. The average molecular weight is 310 g/mol. The molecular formula is C19H22N2O2. The van der Waals surface area contributed by atoms with E-state index in [9.17, 15) is 0 Å². The molecule has 1 aromatic heterocycles. The van der Waals surface area contributed by atoms with Crippen LogP contribution in [0.25, 0.3) is 0 Å². The smallest absolute Gasteiger partial charge is 0.161 e. The molecule has 0 amide bonds. The molecule has 4 heteroatoms. The molecule has 0 unspecified atom stereocenters. The fraction of sp³-hybridized carbons (Fsp3) is 0.421. The molecule has 3 heterocycles. The van der Waals surface area contributed by atoms with E-state index >= 15 is 0 Å². The molecule has 0 radical (unpaired) electrons. The Bertz CT molecular complexity index is 660. The monoisotopic (exact) mass is 310 g/mol. The Hall–Kier alpha value is -2.07. The number of hydrogen-bond donors (Lipinski definition) is 0. The van der Waals surface area contributed by atoms with Gasteiger partial charge in [0.1, 0.15) is 13.2 Å². The fourth-order valence-corrected chi connectivity index (χ4v) is 3.51. The predicted octanol–water partition coefficient (Wildman–Crippen LogP) is 3.58. The van der Waals surface area contributed by atoms with Gasteiger partial charge in [-0.1, -0.05) is 18.6 Å². The number of ether oxygens (including phenoxy) is 2. The van der Waals surface area contributed by atoms with Crippen LogP contribution in [0.4, 0.5) is 0 Å². The van der Waals surface area contributed by atoms with Crippen LogP contribution in [0.15, 0.2) is 42.6 Å². The number of piperidine rings is 1. The molecule has 2 aliphatic rings. The van der Waals surface area contributed by atoms with Crippen molar-refractivity contribution in [1.29, 1.82) is 0 Å². The van der Waals surface area contributed by atoms with Gasteiger partial charge in [0.25, 0.3) is 0 Å². The minimum absolute atomic E-state index is 0.415. The molecule has 4 nitrogen and oxygen atoms in total. The molecule has 0 aliphatic carbocycles. The lowest BCUT2D eigenvalue weighted by atomic mass is 9.98. The molecule has 23 heavy (non-hydrogen) atoms. The summed E-state index contributed by atoms with van der Waals surface area (Å²) < 4.78 is 11.3. The summed E-state index contributed by atoms with van der Waals surface area (Å²) in [5.74, 6) is 1.74. The molecule has 2 aromatic rings. The minimum Gasteiger partial charge on any atom is -0.486 e. The van der Waals surface area contributed by atoms with Gasteiger partial charge in [-0.15, -0.1) is 0 Å². The number of pyridine rings is 1. The van der Waals surface area contributed by atoms with Gasteiger partial charge in [-0.25, -0.2) is 0 Å². The van der Waals surface area contributed by atoms with Crippen molar-refractivity contribution in [2.75, 3.05) is 19.8 Å². The number of hydrogen-bond acceptors (Lipinski definition) is 4. The first kappa shape index (κ1) is 14.5. The van der Waals surface area contributed by atoms with Gasteiger partial charge in [0.15, 0.2) is 11.5 Å². The van der Waals surface area contributed by atoms with Crippen molar-refractivity contribution in [3.05, 3.63) is 53.9 Å². The lowest BCUT2D eigenvalue weighted by molar-refractivity contribution is 0.136. The van der Waals surface area contributed by atoms with E-state index in [1.54, 1.807) is 0 Å². The normalized spacial score (nSPS) is 21.1. The van der Waals surface area contributed by atoms with Crippen LogP contribution in [-0.2, 0) is 6.54 Å². The third-order valence-corrected chi connectivity index (χ3v) is 4.64. The first-order valence-electron chi connectivity index (χ1n) is 8.44. The van der Waals surface area contributed by atoms with Gasteiger partial charge in [-0.2, -0.15) is 0 Å². The summed E-state index contributed by atoms with van der Waals surface area (Å²) in [6.45, 7) is 3.32. The molecule has 4 rings (SSSR count). The maximum Gasteiger partial charge on any atom is 0.161 e. The zero-order valence-corrected chi connectivity index (χ0v) is 13.3. The molecule has 0 spiro atoms. The first-order chi connectivity index (χ1) is 11.4. The first-order valence-corrected chi connectivity index (χ1v) is 8.44. The highest BCUT2D eigenvalue weighted by Gasteiger charge is 2.25. The summed E-state index contributed by atoms with van der Waals surface area (Å²) in [6.07, 6.45) is 5.61. The quantitative estimate of drug-likeness (QED) is 0.868. The highest BCUT2D eigenvalue weighted by molar-refractivity contribution is 5.43. The lowest BCUT2D eigenvalue weighted by Gasteiger charge is -2.35. The molecule has 2 aliphatic heterocycles. The largest absolute Gasteiger partial charge is 0.486 e. The summed E-state index contributed by atoms with van der Waals surface area (Å²) >= 11 is 0. The minimum atomic E-state index is 0.415. The van der Waals surface area contributed by atoms with Crippen molar-refractivity contribution in [2.45, 2.75) is 31.8 Å². The van der Waals surface area contributed by atoms with E-state index in [1.807, 2.05) is 18.3 Å². The Morgan fingerprint density at radius 2 is 1.96 bits per heavy atom. The van der Waals surface area contributed by atoms with Crippen molar-refractivity contribution in [3.8, 4) is 11.5 Å². The van der Waals surface area contributed by atoms with E-state index < -0.39 is 0 Å². The predicted molar refractivity (Wildman–Crippen MR) is 88.7 cm³/mol. The number of rotatable bonds is 3. The summed E-state index contributed by atoms with van der Waals surface area (Å²) in [5, 5.41) is 0. The Morgan fingerprint density at radius 1 is 1.04 bits per heavy atom. The number of likely N-dealkylation sites (tertiary alicyclic amines) is 1. The lowest BCUT2D eigenvalue weighted by Crippen LogP contribution is -2.33. The van der Waals surface area contributed by atoms with Gasteiger partial charge in [0.2, 0.25) is 0 Å². The Labute approximate surface area is 137 Å². The molecule has 1 fully saturated rings. The molecule has 1 saturated heterocycles. The van der Waals surface area contributed by atoms with Gasteiger partial charge < -0.3 is 9.47 Å².